The van der Waals surface area contributed by atoms with Crippen molar-refractivity contribution >= 4 is 22.6 Å². The van der Waals surface area contributed by atoms with Gasteiger partial charge in [-0.05, 0) is 49.4 Å². The molecule has 2 fully saturated rings. The van der Waals surface area contributed by atoms with Gasteiger partial charge in [-0.25, -0.2) is 9.97 Å². The number of rotatable bonds is 9. The molecule has 0 radical (unpaired) electrons. The van der Waals surface area contributed by atoms with Crippen molar-refractivity contribution in [3.8, 4) is 17.1 Å². The molecule has 9 nitrogen and oxygen atoms in total. The molecule has 9 heteroatoms. The summed E-state index contributed by atoms with van der Waals surface area (Å²) < 4.78 is 10.8. The first-order valence-electron chi connectivity index (χ1n) is 12.2. The molecular formula is C26H32N6O3. The number of hydrazine groups is 1. The number of carbonyl (C=O) groups excluding carboxylic acids is 1. The Labute approximate surface area is 205 Å². The standard InChI is InChI=1S/C26H32N6O3/c1-34-13-12-27-24(33)16-35-23-9-5-3-7-20(23)26-30-22-8-4-2-6-19(22)25(31-26)29-18-10-11-21-17(14-18)15-28-32-21/h2-9,17-18,21,28,32H,10-16H2,1H3,(H,27,33)(H,29,30,31). The third-order valence-electron chi connectivity index (χ3n) is 6.69. The normalized spacial score (nSPS) is 21.5. The molecule has 5 rings (SSSR count). The average molecular weight is 477 g/mol. The fraction of sp³-hybridized carbons (Fsp3) is 0.423. The molecule has 1 saturated carbocycles. The van der Waals surface area contributed by atoms with Crippen LogP contribution in [-0.2, 0) is 9.53 Å². The van der Waals surface area contributed by atoms with Crippen LogP contribution in [0.4, 0.5) is 5.82 Å². The van der Waals surface area contributed by atoms with E-state index in [1.54, 1.807) is 7.11 Å². The SMILES string of the molecule is COCCNC(=O)COc1ccccc1-c1nc(NC2CCC3NNCC3C2)c2ccccc2n1. The number of nitrogens with zero attached hydrogens (tertiary/aromatic N) is 2. The Kier molecular flexibility index (Phi) is 7.37. The van der Waals surface area contributed by atoms with Crippen molar-refractivity contribution in [2.45, 2.75) is 31.3 Å². The molecule has 35 heavy (non-hydrogen) atoms. The van der Waals surface area contributed by atoms with Crippen molar-refractivity contribution in [3.63, 3.8) is 0 Å². The van der Waals surface area contributed by atoms with Crippen LogP contribution in [0, 0.1) is 5.92 Å². The minimum atomic E-state index is -0.204. The van der Waals surface area contributed by atoms with Crippen LogP contribution in [0.3, 0.4) is 0 Å². The highest BCUT2D eigenvalue weighted by molar-refractivity contribution is 5.91. The Morgan fingerprint density at radius 3 is 2.89 bits per heavy atom. The highest BCUT2D eigenvalue weighted by Crippen LogP contribution is 2.33. The Balaban J connectivity index is 1.39. The summed E-state index contributed by atoms with van der Waals surface area (Å²) in [4.78, 5) is 21.9. The van der Waals surface area contributed by atoms with Gasteiger partial charge < -0.3 is 20.1 Å². The molecule has 2 aromatic carbocycles. The van der Waals surface area contributed by atoms with Gasteiger partial charge in [0.1, 0.15) is 11.6 Å². The van der Waals surface area contributed by atoms with Crippen molar-refractivity contribution < 1.29 is 14.3 Å². The monoisotopic (exact) mass is 476 g/mol. The second-order valence-electron chi connectivity index (χ2n) is 9.09. The van der Waals surface area contributed by atoms with E-state index >= 15 is 0 Å². The largest absolute Gasteiger partial charge is 0.483 e. The molecule has 2 aliphatic rings. The quantitative estimate of drug-likeness (QED) is 0.349. The summed E-state index contributed by atoms with van der Waals surface area (Å²) in [5, 5.41) is 7.49. The fourth-order valence-electron chi connectivity index (χ4n) is 4.90. The van der Waals surface area contributed by atoms with Crippen LogP contribution in [0.25, 0.3) is 22.3 Å². The number of para-hydroxylation sites is 2. The van der Waals surface area contributed by atoms with E-state index < -0.39 is 0 Å². The van der Waals surface area contributed by atoms with Crippen LogP contribution in [0.1, 0.15) is 19.3 Å². The maximum atomic E-state index is 12.1. The molecule has 4 N–H and O–H groups in total. The van der Waals surface area contributed by atoms with E-state index in [1.165, 1.54) is 0 Å². The van der Waals surface area contributed by atoms with Crippen molar-refractivity contribution in [1.82, 2.24) is 26.1 Å². The topological polar surface area (TPSA) is 109 Å². The maximum Gasteiger partial charge on any atom is 0.258 e. The van der Waals surface area contributed by atoms with E-state index in [9.17, 15) is 4.79 Å². The molecule has 3 unspecified atom stereocenters. The second-order valence-corrected chi connectivity index (χ2v) is 9.09. The van der Waals surface area contributed by atoms with Gasteiger partial charge in [-0.1, -0.05) is 24.3 Å². The lowest BCUT2D eigenvalue weighted by Crippen LogP contribution is -2.39. The highest BCUT2D eigenvalue weighted by atomic mass is 16.5. The van der Waals surface area contributed by atoms with E-state index in [1.807, 2.05) is 42.5 Å². The lowest BCUT2D eigenvalue weighted by molar-refractivity contribution is -0.123. The first-order chi connectivity index (χ1) is 17.2. The van der Waals surface area contributed by atoms with E-state index in [4.69, 9.17) is 19.4 Å². The first kappa shape index (κ1) is 23.5. The Morgan fingerprint density at radius 2 is 1.97 bits per heavy atom. The number of methoxy groups -OCH3 is 1. The molecule has 1 saturated heterocycles. The highest BCUT2D eigenvalue weighted by Gasteiger charge is 2.34. The lowest BCUT2D eigenvalue weighted by Gasteiger charge is -2.31. The van der Waals surface area contributed by atoms with E-state index in [2.05, 4.69) is 27.6 Å². The van der Waals surface area contributed by atoms with Crippen molar-refractivity contribution in [2.24, 2.45) is 5.92 Å². The molecule has 2 heterocycles. The predicted octanol–water partition coefficient (Wildman–Crippen LogP) is 2.50. The van der Waals surface area contributed by atoms with Gasteiger partial charge in [-0.15, -0.1) is 0 Å². The van der Waals surface area contributed by atoms with Gasteiger partial charge >= 0.3 is 0 Å². The molecular weight excluding hydrogens is 444 g/mol. The molecule has 1 amide bonds. The molecule has 3 atom stereocenters. The van der Waals surface area contributed by atoms with E-state index in [-0.39, 0.29) is 12.5 Å². The van der Waals surface area contributed by atoms with Crippen LogP contribution in [0.5, 0.6) is 5.75 Å². The van der Waals surface area contributed by atoms with Crippen LogP contribution in [0.2, 0.25) is 0 Å². The van der Waals surface area contributed by atoms with Gasteiger partial charge in [-0.2, -0.15) is 0 Å². The summed E-state index contributed by atoms with van der Waals surface area (Å²) >= 11 is 0. The summed E-state index contributed by atoms with van der Waals surface area (Å²) in [6, 6.07) is 16.5. The number of aromatic nitrogens is 2. The summed E-state index contributed by atoms with van der Waals surface area (Å²) in [6.07, 6.45) is 3.31. The van der Waals surface area contributed by atoms with Gasteiger partial charge in [0.2, 0.25) is 0 Å². The van der Waals surface area contributed by atoms with Crippen LogP contribution in [0.15, 0.2) is 48.5 Å². The first-order valence-corrected chi connectivity index (χ1v) is 12.2. The van der Waals surface area contributed by atoms with Gasteiger partial charge in [0, 0.05) is 37.7 Å². The molecule has 1 aromatic heterocycles. The van der Waals surface area contributed by atoms with Gasteiger partial charge in [0.05, 0.1) is 17.7 Å². The average Bonchev–Trinajstić information content (AvgIpc) is 3.36. The minimum Gasteiger partial charge on any atom is -0.483 e. The van der Waals surface area contributed by atoms with Crippen LogP contribution >= 0.6 is 0 Å². The fourth-order valence-corrected chi connectivity index (χ4v) is 4.90. The maximum absolute atomic E-state index is 12.1. The summed E-state index contributed by atoms with van der Waals surface area (Å²) in [5.74, 6) is 2.39. The van der Waals surface area contributed by atoms with Gasteiger partial charge in [0.25, 0.3) is 5.91 Å². The number of carbonyl (C=O) groups is 1. The lowest BCUT2D eigenvalue weighted by atomic mass is 9.83. The number of nitrogens with one attached hydrogen (secondary N) is 4. The smallest absolute Gasteiger partial charge is 0.258 e. The molecule has 184 valence electrons. The number of anilines is 1. The minimum absolute atomic E-state index is 0.0912. The Hall–Kier alpha value is -3.27. The molecule has 3 aromatic rings. The number of benzene rings is 2. The van der Waals surface area contributed by atoms with Crippen LogP contribution in [-0.4, -0.2) is 61.4 Å². The number of hydrogen-bond acceptors (Lipinski definition) is 8. The van der Waals surface area contributed by atoms with E-state index in [0.29, 0.717) is 42.7 Å². The molecule has 1 aliphatic carbocycles. The number of amides is 1. The second kappa shape index (κ2) is 11.0. The number of ether oxygens (including phenoxy) is 2. The predicted molar refractivity (Wildman–Crippen MR) is 135 cm³/mol. The summed E-state index contributed by atoms with van der Waals surface area (Å²) in [6.45, 7) is 1.81. The molecule has 0 spiro atoms. The molecule has 0 bridgehead atoms. The third kappa shape index (κ3) is 5.53. The van der Waals surface area contributed by atoms with Crippen LogP contribution < -0.4 is 26.2 Å². The number of fused-ring (bicyclic) bond motifs is 2. The van der Waals surface area contributed by atoms with E-state index in [0.717, 1.165) is 48.1 Å². The Bertz CT molecular complexity index is 1170. The summed E-state index contributed by atoms with van der Waals surface area (Å²) in [5.41, 5.74) is 8.30. The molecule has 1 aliphatic heterocycles. The Morgan fingerprint density at radius 1 is 1.11 bits per heavy atom. The van der Waals surface area contributed by atoms with Crippen molar-refractivity contribution in [1.29, 1.82) is 0 Å². The third-order valence-corrected chi connectivity index (χ3v) is 6.69. The zero-order valence-corrected chi connectivity index (χ0v) is 19.9. The van der Waals surface area contributed by atoms with Crippen molar-refractivity contribution in [2.75, 3.05) is 38.7 Å². The zero-order chi connectivity index (χ0) is 24.0. The number of hydrogen-bond donors (Lipinski definition) is 4. The van der Waals surface area contributed by atoms with Gasteiger partial charge in [-0.3, -0.25) is 15.6 Å². The van der Waals surface area contributed by atoms with Gasteiger partial charge in [0.15, 0.2) is 12.4 Å². The summed E-state index contributed by atoms with van der Waals surface area (Å²) in [7, 11) is 1.60. The van der Waals surface area contributed by atoms with Crippen molar-refractivity contribution in [3.05, 3.63) is 48.5 Å². The zero-order valence-electron chi connectivity index (χ0n) is 19.9.